The van der Waals surface area contributed by atoms with Gasteiger partial charge in [0.1, 0.15) is 15.7 Å². The van der Waals surface area contributed by atoms with Crippen molar-refractivity contribution in [2.45, 2.75) is 16.6 Å². The number of aliphatic imine (C=N–C) groups is 1. The predicted octanol–water partition coefficient (Wildman–Crippen LogP) is 3.00. The average molecular weight is 473 g/mol. The Bertz CT molecular complexity index is 1300. The molecule has 1 aliphatic heterocycles. The zero-order valence-corrected chi connectivity index (χ0v) is 19.6. The van der Waals surface area contributed by atoms with Crippen molar-refractivity contribution in [1.29, 1.82) is 0 Å². The first kappa shape index (κ1) is 22.2. The van der Waals surface area contributed by atoms with Crippen molar-refractivity contribution in [3.05, 3.63) is 54.2 Å². The number of ether oxygens (including phenoxy) is 1. The fourth-order valence-electron chi connectivity index (χ4n) is 3.61. The highest BCUT2D eigenvalue weighted by molar-refractivity contribution is 8.15. The number of nitrogens with one attached hydrogen (secondary N) is 2. The Hall–Kier alpha value is -2.98. The average Bonchev–Trinajstić information content (AvgIpc) is 3.45. The number of amides is 1. The summed E-state index contributed by atoms with van der Waals surface area (Å²) in [6.45, 7) is 0.567. The largest absolute Gasteiger partial charge is 0.495 e. The minimum Gasteiger partial charge on any atom is -0.495 e. The van der Waals surface area contributed by atoms with Crippen LogP contribution in [-0.4, -0.2) is 57.4 Å². The van der Waals surface area contributed by atoms with Crippen molar-refractivity contribution < 1.29 is 17.9 Å². The van der Waals surface area contributed by atoms with Crippen LogP contribution >= 0.6 is 11.8 Å². The number of benzene rings is 2. The minimum atomic E-state index is -3.85. The van der Waals surface area contributed by atoms with Crippen molar-refractivity contribution >= 4 is 49.3 Å². The number of aromatic nitrogens is 1. The molecule has 0 fully saturated rings. The maximum atomic E-state index is 13.4. The topological polar surface area (TPSA) is 104 Å². The Morgan fingerprint density at radius 1 is 1.28 bits per heavy atom. The lowest BCUT2D eigenvalue weighted by Crippen LogP contribution is -2.27. The van der Waals surface area contributed by atoms with Crippen LogP contribution in [0.4, 0.5) is 5.69 Å². The maximum Gasteiger partial charge on any atom is 0.267 e. The number of methoxy groups -OCH3 is 1. The van der Waals surface area contributed by atoms with E-state index in [1.807, 2.05) is 18.2 Å². The number of hydrogen-bond acceptors (Lipinski definition) is 6. The fraction of sp³-hybridized carbons (Fsp3) is 0.273. The monoisotopic (exact) mass is 472 g/mol. The van der Waals surface area contributed by atoms with Gasteiger partial charge in [0.2, 0.25) is 5.91 Å². The molecule has 0 saturated carbocycles. The van der Waals surface area contributed by atoms with Gasteiger partial charge >= 0.3 is 0 Å². The van der Waals surface area contributed by atoms with Crippen LogP contribution < -0.4 is 14.4 Å². The van der Waals surface area contributed by atoms with E-state index in [9.17, 15) is 13.2 Å². The first-order chi connectivity index (χ1) is 15.3. The third-order valence-electron chi connectivity index (χ3n) is 5.32. The van der Waals surface area contributed by atoms with E-state index in [4.69, 9.17) is 4.74 Å². The second-order valence-electron chi connectivity index (χ2n) is 7.31. The molecule has 1 aliphatic rings. The molecule has 2 N–H and O–H groups in total. The van der Waals surface area contributed by atoms with Crippen LogP contribution in [0.3, 0.4) is 0 Å². The van der Waals surface area contributed by atoms with Crippen LogP contribution in [0.5, 0.6) is 5.75 Å². The van der Waals surface area contributed by atoms with Gasteiger partial charge in [-0.1, -0.05) is 36.0 Å². The number of para-hydroxylation sites is 2. The van der Waals surface area contributed by atoms with Gasteiger partial charge in [-0.2, -0.15) is 0 Å². The summed E-state index contributed by atoms with van der Waals surface area (Å²) >= 11 is 1.55. The van der Waals surface area contributed by atoms with E-state index in [-0.39, 0.29) is 21.8 Å². The molecule has 1 amide bonds. The van der Waals surface area contributed by atoms with E-state index < -0.39 is 10.0 Å². The Morgan fingerprint density at radius 2 is 2.06 bits per heavy atom. The highest BCUT2D eigenvalue weighted by atomic mass is 32.2. The van der Waals surface area contributed by atoms with Crippen LogP contribution in [-0.2, 0) is 14.8 Å². The molecule has 10 heteroatoms. The number of carbonyl (C=O) groups is 1. The molecule has 2 aromatic carbocycles. The van der Waals surface area contributed by atoms with Gasteiger partial charge in [-0.05, 0) is 24.3 Å². The molecule has 1 unspecified atom stereocenters. The number of anilines is 1. The normalized spacial score (nSPS) is 16.1. The third-order valence-corrected chi connectivity index (χ3v) is 8.35. The molecule has 0 spiro atoms. The van der Waals surface area contributed by atoms with E-state index >= 15 is 0 Å². The standard InChI is InChI=1S/C22H24N4O4S2/c1-23-20(27)12-15-13-24-22(31-15)16-11-14-7-6-8-17(21(14)25-16)26(2)32(28,29)19-10-5-4-9-18(19)30-3/h4-11,15,25H,12-13H2,1-3H3,(H,23,27). The van der Waals surface area contributed by atoms with Gasteiger partial charge < -0.3 is 15.0 Å². The maximum absolute atomic E-state index is 13.4. The summed E-state index contributed by atoms with van der Waals surface area (Å²) in [5.74, 6) is 0.277. The molecule has 0 aliphatic carbocycles. The summed E-state index contributed by atoms with van der Waals surface area (Å²) in [4.78, 5) is 19.7. The molecular formula is C22H24N4O4S2. The van der Waals surface area contributed by atoms with E-state index in [1.54, 1.807) is 43.1 Å². The molecule has 32 heavy (non-hydrogen) atoms. The number of aromatic amines is 1. The lowest BCUT2D eigenvalue weighted by Gasteiger charge is -2.21. The molecule has 1 atom stereocenters. The second-order valence-corrected chi connectivity index (χ2v) is 10.5. The lowest BCUT2D eigenvalue weighted by molar-refractivity contribution is -0.120. The van der Waals surface area contributed by atoms with Crippen molar-refractivity contribution in [1.82, 2.24) is 10.3 Å². The molecule has 1 aromatic heterocycles. The van der Waals surface area contributed by atoms with Gasteiger partial charge in [-0.25, -0.2) is 8.42 Å². The van der Waals surface area contributed by atoms with Crippen molar-refractivity contribution in [3.8, 4) is 5.75 Å². The number of hydrogen-bond donors (Lipinski definition) is 2. The zero-order chi connectivity index (χ0) is 22.9. The van der Waals surface area contributed by atoms with Crippen molar-refractivity contribution in [2.24, 2.45) is 4.99 Å². The highest BCUT2D eigenvalue weighted by Crippen LogP contribution is 2.35. The van der Waals surface area contributed by atoms with Gasteiger partial charge in [0.05, 0.1) is 30.6 Å². The Kier molecular flexibility index (Phi) is 6.16. The molecule has 2 heterocycles. The molecular weight excluding hydrogens is 448 g/mol. The smallest absolute Gasteiger partial charge is 0.267 e. The van der Waals surface area contributed by atoms with Crippen molar-refractivity contribution in [3.63, 3.8) is 0 Å². The Balaban J connectivity index is 1.67. The van der Waals surface area contributed by atoms with Gasteiger partial charge in [-0.3, -0.25) is 14.1 Å². The van der Waals surface area contributed by atoms with Crippen LogP contribution in [0.1, 0.15) is 12.1 Å². The quantitative estimate of drug-likeness (QED) is 0.550. The first-order valence-corrected chi connectivity index (χ1v) is 12.3. The molecule has 168 valence electrons. The summed E-state index contributed by atoms with van der Waals surface area (Å²) < 4.78 is 33.2. The SMILES string of the molecule is CNC(=O)CC1CN=C(c2cc3cccc(N(C)S(=O)(=O)c4ccccc4OC)c3[nH]2)S1. The minimum absolute atomic E-state index is 0.0129. The van der Waals surface area contributed by atoms with Gasteiger partial charge in [0.25, 0.3) is 10.0 Å². The van der Waals surface area contributed by atoms with Gasteiger partial charge in [0, 0.05) is 31.2 Å². The summed E-state index contributed by atoms with van der Waals surface area (Å²) in [7, 11) is 0.745. The molecule has 4 rings (SSSR count). The first-order valence-electron chi connectivity index (χ1n) is 10.0. The van der Waals surface area contributed by atoms with Gasteiger partial charge in [0.15, 0.2) is 0 Å². The van der Waals surface area contributed by atoms with Crippen LogP contribution in [0.15, 0.2) is 58.4 Å². The summed E-state index contributed by atoms with van der Waals surface area (Å²) in [6.07, 6.45) is 0.402. The number of sulfonamides is 1. The summed E-state index contributed by atoms with van der Waals surface area (Å²) in [6, 6.07) is 14.0. The predicted molar refractivity (Wildman–Crippen MR) is 128 cm³/mol. The summed E-state index contributed by atoms with van der Waals surface area (Å²) in [5, 5.41) is 4.42. The van der Waals surface area contributed by atoms with Gasteiger partial charge in [-0.15, -0.1) is 0 Å². The number of H-pyrrole nitrogens is 1. The third kappa shape index (κ3) is 4.07. The molecule has 0 bridgehead atoms. The highest BCUT2D eigenvalue weighted by Gasteiger charge is 2.28. The number of rotatable bonds is 7. The fourth-order valence-corrected chi connectivity index (χ4v) is 6.06. The Morgan fingerprint density at radius 3 is 2.81 bits per heavy atom. The second kappa shape index (κ2) is 8.87. The number of carbonyl (C=O) groups excluding carboxylic acids is 1. The van der Waals surface area contributed by atoms with Crippen LogP contribution in [0.25, 0.3) is 10.9 Å². The van der Waals surface area contributed by atoms with Crippen LogP contribution in [0.2, 0.25) is 0 Å². The van der Waals surface area contributed by atoms with E-state index in [2.05, 4.69) is 15.3 Å². The lowest BCUT2D eigenvalue weighted by atomic mass is 10.2. The van der Waals surface area contributed by atoms with Crippen molar-refractivity contribution in [2.75, 3.05) is 32.1 Å². The number of fused-ring (bicyclic) bond motifs is 1. The number of nitrogens with zero attached hydrogens (tertiary/aromatic N) is 2. The molecule has 8 nitrogen and oxygen atoms in total. The summed E-state index contributed by atoms with van der Waals surface area (Å²) in [5.41, 5.74) is 2.02. The molecule has 0 saturated heterocycles. The number of thioether (sulfide) groups is 1. The Labute approximate surface area is 191 Å². The van der Waals surface area contributed by atoms with E-state index in [0.29, 0.717) is 24.2 Å². The zero-order valence-electron chi connectivity index (χ0n) is 18.0. The van der Waals surface area contributed by atoms with E-state index in [1.165, 1.54) is 24.5 Å². The van der Waals surface area contributed by atoms with Crippen LogP contribution in [0, 0.1) is 0 Å². The molecule has 3 aromatic rings. The molecule has 0 radical (unpaired) electrons. The van der Waals surface area contributed by atoms with E-state index in [0.717, 1.165) is 16.1 Å².